The Bertz CT molecular complexity index is 900. The second-order valence-electron chi connectivity index (χ2n) is 6.50. The van der Waals surface area contributed by atoms with Gasteiger partial charge in [-0.2, -0.15) is 0 Å². The van der Waals surface area contributed by atoms with Crippen LogP contribution in [0, 0.1) is 6.92 Å². The molecule has 21 heavy (non-hydrogen) atoms. The first kappa shape index (κ1) is 11.6. The van der Waals surface area contributed by atoms with Crippen LogP contribution >= 0.6 is 0 Å². The van der Waals surface area contributed by atoms with E-state index in [2.05, 4.69) is 49.4 Å². The Kier molecular flexibility index (Phi) is 2.19. The van der Waals surface area contributed by atoms with Crippen LogP contribution in [-0.2, 0) is 25.7 Å². The number of rotatable bonds is 0. The van der Waals surface area contributed by atoms with Gasteiger partial charge < -0.3 is 0 Å². The summed E-state index contributed by atoms with van der Waals surface area (Å²) in [6, 6.07) is 16.0. The Morgan fingerprint density at radius 2 is 1.52 bits per heavy atom. The first-order chi connectivity index (χ1) is 10.3. The maximum Gasteiger partial charge on any atom is -0.0114 e. The molecular formula is C21H18. The summed E-state index contributed by atoms with van der Waals surface area (Å²) in [6.07, 6.45) is 4.88. The fourth-order valence-electron chi connectivity index (χ4n) is 4.44. The molecule has 0 atom stereocenters. The van der Waals surface area contributed by atoms with Gasteiger partial charge in [-0.1, -0.05) is 36.4 Å². The zero-order valence-corrected chi connectivity index (χ0v) is 12.4. The van der Waals surface area contributed by atoms with Crippen molar-refractivity contribution < 1.29 is 0 Å². The van der Waals surface area contributed by atoms with Crippen molar-refractivity contribution in [2.75, 3.05) is 0 Å². The average molecular weight is 270 g/mol. The topological polar surface area (TPSA) is 0 Å². The van der Waals surface area contributed by atoms with Gasteiger partial charge >= 0.3 is 0 Å². The lowest BCUT2D eigenvalue weighted by molar-refractivity contribution is 0.910. The predicted octanol–water partition coefficient (Wildman–Crippen LogP) is 5.01. The van der Waals surface area contributed by atoms with Crippen LogP contribution in [0.1, 0.15) is 27.8 Å². The quantitative estimate of drug-likeness (QED) is 0.538. The Hall–Kier alpha value is -2.08. The molecule has 0 nitrogen and oxygen atoms in total. The van der Waals surface area contributed by atoms with Crippen molar-refractivity contribution >= 4 is 10.8 Å². The minimum Gasteiger partial charge on any atom is -0.0620 e. The highest BCUT2D eigenvalue weighted by atomic mass is 14.3. The summed E-state index contributed by atoms with van der Waals surface area (Å²) < 4.78 is 0. The predicted molar refractivity (Wildman–Crippen MR) is 88.9 cm³/mol. The van der Waals surface area contributed by atoms with Gasteiger partial charge in [-0.3, -0.25) is 0 Å². The minimum atomic E-state index is 1.20. The molecule has 3 aromatic rings. The molecule has 0 amide bonds. The van der Waals surface area contributed by atoms with Crippen LogP contribution in [0.15, 0.2) is 42.5 Å². The molecule has 0 heterocycles. The number of hydrogen-bond acceptors (Lipinski definition) is 0. The van der Waals surface area contributed by atoms with Crippen molar-refractivity contribution in [3.63, 3.8) is 0 Å². The second-order valence-corrected chi connectivity index (χ2v) is 6.50. The van der Waals surface area contributed by atoms with E-state index in [1.807, 2.05) is 0 Å². The fraction of sp³-hybridized carbons (Fsp3) is 0.238. The first-order valence-corrected chi connectivity index (χ1v) is 7.98. The fourth-order valence-corrected chi connectivity index (χ4v) is 4.44. The lowest BCUT2D eigenvalue weighted by Gasteiger charge is -2.23. The molecule has 0 aliphatic heterocycles. The van der Waals surface area contributed by atoms with E-state index < -0.39 is 0 Å². The average Bonchev–Trinajstić information content (AvgIpc) is 2.97. The molecule has 0 unspecified atom stereocenters. The summed E-state index contributed by atoms with van der Waals surface area (Å²) in [4.78, 5) is 0. The van der Waals surface area contributed by atoms with Gasteiger partial charge in [-0.15, -0.1) is 0 Å². The van der Waals surface area contributed by atoms with E-state index >= 15 is 0 Å². The summed E-state index contributed by atoms with van der Waals surface area (Å²) in [6.45, 7) is 2.26. The van der Waals surface area contributed by atoms with Crippen LogP contribution in [0.5, 0.6) is 0 Å². The number of hydrogen-bond donors (Lipinski definition) is 0. The van der Waals surface area contributed by atoms with E-state index in [1.165, 1.54) is 53.3 Å². The monoisotopic (exact) mass is 270 g/mol. The third-order valence-electron chi connectivity index (χ3n) is 5.45. The summed E-state index contributed by atoms with van der Waals surface area (Å²) >= 11 is 0. The van der Waals surface area contributed by atoms with Crippen LogP contribution < -0.4 is 0 Å². The van der Waals surface area contributed by atoms with Gasteiger partial charge in [-0.25, -0.2) is 0 Å². The van der Waals surface area contributed by atoms with Gasteiger partial charge in [0.15, 0.2) is 0 Å². The van der Waals surface area contributed by atoms with E-state index in [0.717, 1.165) is 0 Å². The molecule has 0 bridgehead atoms. The van der Waals surface area contributed by atoms with Gasteiger partial charge in [0, 0.05) is 0 Å². The Labute approximate surface area is 125 Å². The Balaban J connectivity index is 1.92. The highest BCUT2D eigenvalue weighted by Gasteiger charge is 2.25. The zero-order valence-electron chi connectivity index (χ0n) is 12.4. The molecule has 0 heteroatoms. The van der Waals surface area contributed by atoms with Crippen molar-refractivity contribution in [3.05, 3.63) is 70.3 Å². The maximum absolute atomic E-state index is 2.44. The van der Waals surface area contributed by atoms with Crippen molar-refractivity contribution in [1.29, 1.82) is 0 Å². The Morgan fingerprint density at radius 3 is 2.48 bits per heavy atom. The van der Waals surface area contributed by atoms with E-state index in [1.54, 1.807) is 22.1 Å². The zero-order chi connectivity index (χ0) is 14.0. The SMILES string of the molecule is Cc1ccc2cc3c(c4c2c1CC4)CCc1ccccc1-3. The van der Waals surface area contributed by atoms with Crippen molar-refractivity contribution in [3.8, 4) is 11.1 Å². The maximum atomic E-state index is 2.44. The molecule has 0 saturated heterocycles. The molecule has 5 rings (SSSR count). The summed E-state index contributed by atoms with van der Waals surface area (Å²) in [5, 5.41) is 3.02. The molecule has 0 radical (unpaired) electrons. The Morgan fingerprint density at radius 1 is 0.714 bits per heavy atom. The number of fused-ring (bicyclic) bond motifs is 4. The highest BCUT2D eigenvalue weighted by Crippen LogP contribution is 2.43. The minimum absolute atomic E-state index is 1.20. The number of benzene rings is 3. The smallest absolute Gasteiger partial charge is 0.0114 e. The van der Waals surface area contributed by atoms with Crippen molar-refractivity contribution in [2.24, 2.45) is 0 Å². The molecule has 0 spiro atoms. The summed E-state index contributed by atoms with van der Waals surface area (Å²) in [7, 11) is 0. The van der Waals surface area contributed by atoms with Gasteiger partial charge in [-0.05, 0) is 88.4 Å². The van der Waals surface area contributed by atoms with Crippen LogP contribution in [-0.4, -0.2) is 0 Å². The lowest BCUT2D eigenvalue weighted by Crippen LogP contribution is -2.06. The lowest BCUT2D eigenvalue weighted by atomic mass is 9.81. The van der Waals surface area contributed by atoms with E-state index in [9.17, 15) is 0 Å². The first-order valence-electron chi connectivity index (χ1n) is 7.98. The molecule has 102 valence electrons. The van der Waals surface area contributed by atoms with Crippen molar-refractivity contribution in [2.45, 2.75) is 32.6 Å². The van der Waals surface area contributed by atoms with Gasteiger partial charge in [0.2, 0.25) is 0 Å². The van der Waals surface area contributed by atoms with Gasteiger partial charge in [0.1, 0.15) is 0 Å². The molecule has 0 N–H and O–H groups in total. The van der Waals surface area contributed by atoms with Gasteiger partial charge in [0.05, 0.1) is 0 Å². The normalized spacial score (nSPS) is 15.1. The van der Waals surface area contributed by atoms with Crippen LogP contribution in [0.2, 0.25) is 0 Å². The van der Waals surface area contributed by atoms with Gasteiger partial charge in [0.25, 0.3) is 0 Å². The van der Waals surface area contributed by atoms with E-state index in [-0.39, 0.29) is 0 Å². The standard InChI is InChI=1S/C21H18/c1-13-6-7-15-12-20-17-5-3-2-4-14(17)8-9-18(20)19-11-10-16(13)21(15)19/h2-7,12H,8-11H2,1H3. The highest BCUT2D eigenvalue weighted by molar-refractivity contribution is 5.97. The van der Waals surface area contributed by atoms with E-state index in [4.69, 9.17) is 0 Å². The van der Waals surface area contributed by atoms with E-state index in [0.29, 0.717) is 0 Å². The van der Waals surface area contributed by atoms with Crippen molar-refractivity contribution in [1.82, 2.24) is 0 Å². The molecule has 0 saturated carbocycles. The largest absolute Gasteiger partial charge is 0.0620 e. The van der Waals surface area contributed by atoms with Crippen LogP contribution in [0.3, 0.4) is 0 Å². The molecular weight excluding hydrogens is 252 g/mol. The third kappa shape index (κ3) is 1.45. The summed E-state index contributed by atoms with van der Waals surface area (Å²) in [5.74, 6) is 0. The second kappa shape index (κ2) is 3.98. The summed E-state index contributed by atoms with van der Waals surface area (Å²) in [5.41, 5.74) is 10.8. The molecule has 3 aromatic carbocycles. The number of aryl methyl sites for hydroxylation is 4. The molecule has 2 aliphatic carbocycles. The molecule has 2 aliphatic rings. The third-order valence-corrected chi connectivity index (χ3v) is 5.45. The molecule has 0 fully saturated rings. The van der Waals surface area contributed by atoms with Crippen LogP contribution in [0.4, 0.5) is 0 Å². The van der Waals surface area contributed by atoms with Crippen LogP contribution in [0.25, 0.3) is 21.9 Å². The molecule has 0 aromatic heterocycles.